The molecule has 1 amide bonds. The van der Waals surface area contributed by atoms with Gasteiger partial charge in [0.1, 0.15) is 6.04 Å². The van der Waals surface area contributed by atoms with Crippen molar-refractivity contribution < 1.29 is 4.79 Å². The summed E-state index contributed by atoms with van der Waals surface area (Å²) in [6, 6.07) is 10.5. The third-order valence-corrected chi connectivity index (χ3v) is 4.41. The summed E-state index contributed by atoms with van der Waals surface area (Å²) in [7, 11) is 0. The molecule has 0 saturated carbocycles. The first kappa shape index (κ1) is 13.7. The Morgan fingerprint density at radius 3 is 2.80 bits per heavy atom. The standard InChI is InChI=1S/C14H9BrCl2N2O/c15-7-4-5-8-11(6-7)19-14(20)13(8)18-10-3-1-2-9(16)12(10)17/h1-6,13,18H,(H,19,20). The second kappa shape index (κ2) is 5.28. The number of hydrogen-bond donors (Lipinski definition) is 2. The molecule has 2 aromatic carbocycles. The van der Waals surface area contributed by atoms with E-state index in [2.05, 4.69) is 26.6 Å². The van der Waals surface area contributed by atoms with E-state index < -0.39 is 6.04 Å². The Bertz CT molecular complexity index is 706. The molecule has 0 fully saturated rings. The molecule has 2 N–H and O–H groups in total. The molecule has 6 heteroatoms. The molecule has 20 heavy (non-hydrogen) atoms. The number of fused-ring (bicyclic) bond motifs is 1. The van der Waals surface area contributed by atoms with Crippen LogP contribution in [-0.4, -0.2) is 5.91 Å². The summed E-state index contributed by atoms with van der Waals surface area (Å²) in [6.07, 6.45) is 0. The highest BCUT2D eigenvalue weighted by molar-refractivity contribution is 9.10. The SMILES string of the molecule is O=C1Nc2cc(Br)ccc2C1Nc1cccc(Cl)c1Cl. The molecular formula is C14H9BrCl2N2O. The fourth-order valence-corrected chi connectivity index (χ4v) is 2.86. The van der Waals surface area contributed by atoms with Crippen molar-refractivity contribution in [3.63, 3.8) is 0 Å². The maximum Gasteiger partial charge on any atom is 0.251 e. The van der Waals surface area contributed by atoms with E-state index in [0.29, 0.717) is 15.7 Å². The Kier molecular flexibility index (Phi) is 3.63. The summed E-state index contributed by atoms with van der Waals surface area (Å²) in [5, 5.41) is 6.83. The van der Waals surface area contributed by atoms with Crippen molar-refractivity contribution in [1.82, 2.24) is 0 Å². The number of benzene rings is 2. The number of anilines is 2. The summed E-state index contributed by atoms with van der Waals surface area (Å²) in [4.78, 5) is 12.1. The number of nitrogens with one attached hydrogen (secondary N) is 2. The lowest BCUT2D eigenvalue weighted by Crippen LogP contribution is -2.19. The molecule has 0 aliphatic carbocycles. The predicted octanol–water partition coefficient (Wildman–Crippen LogP) is 4.86. The first-order valence-electron chi connectivity index (χ1n) is 5.87. The van der Waals surface area contributed by atoms with Crippen LogP contribution in [-0.2, 0) is 4.79 Å². The summed E-state index contributed by atoms with van der Waals surface area (Å²) < 4.78 is 0.915. The topological polar surface area (TPSA) is 41.1 Å². The summed E-state index contributed by atoms with van der Waals surface area (Å²) >= 11 is 15.5. The molecule has 1 unspecified atom stereocenters. The fraction of sp³-hybridized carbons (Fsp3) is 0.0714. The lowest BCUT2D eigenvalue weighted by molar-refractivity contribution is -0.116. The van der Waals surface area contributed by atoms with Gasteiger partial charge >= 0.3 is 0 Å². The van der Waals surface area contributed by atoms with Crippen LogP contribution < -0.4 is 10.6 Å². The van der Waals surface area contributed by atoms with Crippen molar-refractivity contribution in [2.75, 3.05) is 10.6 Å². The molecule has 3 nitrogen and oxygen atoms in total. The normalized spacial score (nSPS) is 16.8. The van der Waals surface area contributed by atoms with Gasteiger partial charge in [-0.1, -0.05) is 51.3 Å². The molecule has 0 aromatic heterocycles. The molecule has 102 valence electrons. The van der Waals surface area contributed by atoms with Crippen molar-refractivity contribution in [1.29, 1.82) is 0 Å². The number of rotatable bonds is 2. The summed E-state index contributed by atoms with van der Waals surface area (Å²) in [5.74, 6) is -0.117. The van der Waals surface area contributed by atoms with Gasteiger partial charge in [0.05, 0.1) is 15.7 Å². The number of hydrogen-bond acceptors (Lipinski definition) is 2. The molecule has 3 rings (SSSR count). The van der Waals surface area contributed by atoms with E-state index in [1.165, 1.54) is 0 Å². The quantitative estimate of drug-likeness (QED) is 0.791. The van der Waals surface area contributed by atoms with Gasteiger partial charge in [-0.25, -0.2) is 0 Å². The van der Waals surface area contributed by atoms with Crippen molar-refractivity contribution in [2.24, 2.45) is 0 Å². The minimum absolute atomic E-state index is 0.117. The number of carbonyl (C=O) groups excluding carboxylic acids is 1. The van der Waals surface area contributed by atoms with E-state index in [0.717, 1.165) is 15.7 Å². The zero-order chi connectivity index (χ0) is 14.3. The highest BCUT2D eigenvalue weighted by atomic mass is 79.9. The zero-order valence-corrected chi connectivity index (χ0v) is 13.2. The second-order valence-corrected chi connectivity index (χ2v) is 6.10. The Balaban J connectivity index is 1.96. The van der Waals surface area contributed by atoms with Crippen LogP contribution in [0.15, 0.2) is 40.9 Å². The molecule has 1 atom stereocenters. The van der Waals surface area contributed by atoms with Gasteiger partial charge in [0.15, 0.2) is 0 Å². The minimum Gasteiger partial charge on any atom is -0.369 e. The molecule has 1 aliphatic rings. The average Bonchev–Trinajstić information content (AvgIpc) is 2.70. The first-order chi connectivity index (χ1) is 9.56. The lowest BCUT2D eigenvalue weighted by Gasteiger charge is -2.14. The Hall–Kier alpha value is -1.23. The van der Waals surface area contributed by atoms with Crippen LogP contribution in [0.2, 0.25) is 10.0 Å². The van der Waals surface area contributed by atoms with Gasteiger partial charge in [-0.05, 0) is 24.3 Å². The van der Waals surface area contributed by atoms with Gasteiger partial charge in [-0.15, -0.1) is 0 Å². The highest BCUT2D eigenvalue weighted by Gasteiger charge is 2.30. The Morgan fingerprint density at radius 2 is 2.00 bits per heavy atom. The zero-order valence-electron chi connectivity index (χ0n) is 10.1. The maximum atomic E-state index is 12.1. The fourth-order valence-electron chi connectivity index (χ4n) is 2.15. The number of carbonyl (C=O) groups is 1. The monoisotopic (exact) mass is 370 g/mol. The summed E-state index contributed by atoms with van der Waals surface area (Å²) in [5.41, 5.74) is 2.31. The van der Waals surface area contributed by atoms with Gasteiger partial charge in [-0.3, -0.25) is 4.79 Å². The van der Waals surface area contributed by atoms with E-state index in [1.54, 1.807) is 18.2 Å². The van der Waals surface area contributed by atoms with Crippen molar-refractivity contribution in [3.8, 4) is 0 Å². The van der Waals surface area contributed by atoms with E-state index in [4.69, 9.17) is 23.2 Å². The first-order valence-corrected chi connectivity index (χ1v) is 7.42. The molecule has 1 aliphatic heterocycles. The third-order valence-electron chi connectivity index (χ3n) is 3.10. The third kappa shape index (κ3) is 2.39. The Labute approximate surface area is 134 Å². The Morgan fingerprint density at radius 1 is 1.20 bits per heavy atom. The second-order valence-electron chi connectivity index (χ2n) is 4.40. The van der Waals surface area contributed by atoms with Crippen molar-refractivity contribution >= 4 is 56.4 Å². The molecule has 1 heterocycles. The van der Waals surface area contributed by atoms with E-state index in [-0.39, 0.29) is 5.91 Å². The molecule has 2 aromatic rings. The van der Waals surface area contributed by atoms with Crippen LogP contribution in [0.5, 0.6) is 0 Å². The van der Waals surface area contributed by atoms with Crippen LogP contribution in [0.25, 0.3) is 0 Å². The lowest BCUT2D eigenvalue weighted by atomic mass is 10.1. The van der Waals surface area contributed by atoms with Gasteiger partial charge in [0, 0.05) is 15.7 Å². The van der Waals surface area contributed by atoms with E-state index in [9.17, 15) is 4.79 Å². The smallest absolute Gasteiger partial charge is 0.251 e. The van der Waals surface area contributed by atoms with Crippen molar-refractivity contribution in [2.45, 2.75) is 6.04 Å². The molecule has 0 saturated heterocycles. The predicted molar refractivity (Wildman–Crippen MR) is 85.6 cm³/mol. The van der Waals surface area contributed by atoms with Crippen LogP contribution in [0.1, 0.15) is 11.6 Å². The molecular weight excluding hydrogens is 363 g/mol. The molecule has 0 bridgehead atoms. The summed E-state index contributed by atoms with van der Waals surface area (Å²) in [6.45, 7) is 0. The molecule has 0 spiro atoms. The largest absolute Gasteiger partial charge is 0.369 e. The number of amides is 1. The van der Waals surface area contributed by atoms with Gasteiger partial charge in [-0.2, -0.15) is 0 Å². The van der Waals surface area contributed by atoms with E-state index >= 15 is 0 Å². The van der Waals surface area contributed by atoms with Crippen molar-refractivity contribution in [3.05, 3.63) is 56.5 Å². The van der Waals surface area contributed by atoms with E-state index in [1.807, 2.05) is 18.2 Å². The highest BCUT2D eigenvalue weighted by Crippen LogP contribution is 2.37. The van der Waals surface area contributed by atoms with Crippen LogP contribution in [0.4, 0.5) is 11.4 Å². The van der Waals surface area contributed by atoms with Crippen LogP contribution in [0.3, 0.4) is 0 Å². The van der Waals surface area contributed by atoms with Gasteiger partial charge < -0.3 is 10.6 Å². The molecule has 0 radical (unpaired) electrons. The van der Waals surface area contributed by atoms with Crippen LogP contribution >= 0.6 is 39.1 Å². The maximum absolute atomic E-state index is 12.1. The number of halogens is 3. The minimum atomic E-state index is -0.478. The van der Waals surface area contributed by atoms with Crippen LogP contribution in [0, 0.1) is 0 Å². The van der Waals surface area contributed by atoms with Gasteiger partial charge in [0.25, 0.3) is 5.91 Å². The average molecular weight is 372 g/mol. The van der Waals surface area contributed by atoms with Gasteiger partial charge in [0.2, 0.25) is 0 Å².